The van der Waals surface area contributed by atoms with E-state index in [4.69, 9.17) is 0 Å². The predicted molar refractivity (Wildman–Crippen MR) is 167 cm³/mol. The number of aromatic nitrogens is 2. The topological polar surface area (TPSA) is 34.9 Å². The normalized spacial score (nSPS) is 17.1. The number of hydrogen-bond donors (Lipinski definition) is 0. The Bertz CT molecular complexity index is 1320. The lowest BCUT2D eigenvalue weighted by Gasteiger charge is -2.38. The molecular formula is C38H42N2O. The molecule has 210 valence electrons. The summed E-state index contributed by atoms with van der Waals surface area (Å²) >= 11 is 0. The first-order valence-electron chi connectivity index (χ1n) is 15.7. The molecule has 6 rings (SSSR count). The molecule has 0 saturated heterocycles. The predicted octanol–water partition coefficient (Wildman–Crippen LogP) is 9.24. The first-order valence-corrected chi connectivity index (χ1v) is 15.7. The van der Waals surface area contributed by atoms with E-state index in [0.29, 0.717) is 24.0 Å². The summed E-state index contributed by atoms with van der Waals surface area (Å²) in [6.07, 6.45) is 20.8. The summed E-state index contributed by atoms with van der Waals surface area (Å²) in [6, 6.07) is 31.6. The van der Waals surface area contributed by atoms with Crippen molar-refractivity contribution in [2.45, 2.75) is 69.7 Å². The second-order valence-corrected chi connectivity index (χ2v) is 12.1. The van der Waals surface area contributed by atoms with Crippen molar-refractivity contribution in [3.05, 3.63) is 138 Å². The van der Waals surface area contributed by atoms with Crippen molar-refractivity contribution in [2.75, 3.05) is 0 Å². The molecule has 1 aromatic heterocycles. The zero-order chi connectivity index (χ0) is 27.9. The molecule has 41 heavy (non-hydrogen) atoms. The van der Waals surface area contributed by atoms with Crippen LogP contribution in [0.15, 0.2) is 116 Å². The van der Waals surface area contributed by atoms with Gasteiger partial charge in [0.25, 0.3) is 0 Å². The molecular weight excluding hydrogens is 500 g/mol. The standard InChI is InChI=1S/C38H42N2O/c41-37(27-32(31-25-26-31)18-14-13-17-30-15-5-1-6-16-30)36-28-39-29-40(36)38(33-19-7-2-8-20-33,34-21-9-3-10-22-34)35-23-11-4-12-24-35/h2-4,7-12,14,18-24,28-32H,1,5-6,13,15-17,25-27H2/t32-/m1/s1. The van der Waals surface area contributed by atoms with E-state index < -0.39 is 5.54 Å². The molecule has 3 nitrogen and oxygen atoms in total. The van der Waals surface area contributed by atoms with Crippen LogP contribution < -0.4 is 0 Å². The van der Waals surface area contributed by atoms with Gasteiger partial charge in [-0.15, -0.1) is 0 Å². The highest BCUT2D eigenvalue weighted by Gasteiger charge is 2.41. The van der Waals surface area contributed by atoms with Gasteiger partial charge in [-0.25, -0.2) is 4.98 Å². The lowest BCUT2D eigenvalue weighted by atomic mass is 9.76. The fraction of sp³-hybridized carbons (Fsp3) is 0.368. The Labute approximate surface area is 245 Å². The molecule has 0 N–H and O–H groups in total. The van der Waals surface area contributed by atoms with Crippen molar-refractivity contribution in [3.63, 3.8) is 0 Å². The minimum absolute atomic E-state index is 0.170. The first kappa shape index (κ1) is 27.4. The van der Waals surface area contributed by atoms with E-state index in [1.165, 1.54) is 51.4 Å². The van der Waals surface area contributed by atoms with Crippen molar-refractivity contribution < 1.29 is 4.79 Å². The summed E-state index contributed by atoms with van der Waals surface area (Å²) in [5, 5.41) is 0. The Morgan fingerprint density at radius 1 is 0.805 bits per heavy atom. The molecule has 1 heterocycles. The molecule has 4 aromatic rings. The first-order chi connectivity index (χ1) is 20.3. The smallest absolute Gasteiger partial charge is 0.181 e. The fourth-order valence-corrected chi connectivity index (χ4v) is 7.04. The Morgan fingerprint density at radius 2 is 1.37 bits per heavy atom. The van der Waals surface area contributed by atoms with E-state index in [0.717, 1.165) is 29.0 Å². The molecule has 3 heteroatoms. The van der Waals surface area contributed by atoms with Gasteiger partial charge in [0.05, 0.1) is 12.5 Å². The second kappa shape index (κ2) is 12.9. The van der Waals surface area contributed by atoms with Crippen LogP contribution in [0.25, 0.3) is 0 Å². The SMILES string of the molecule is O=C(C[C@@H](C=CCCC1CCCCC1)C1CC1)c1cncn1C(c1ccccc1)(c1ccccc1)c1ccccc1. The lowest BCUT2D eigenvalue weighted by Crippen LogP contribution is -2.39. The van der Waals surface area contributed by atoms with Crippen LogP contribution >= 0.6 is 0 Å². The number of carbonyl (C=O) groups excluding carboxylic acids is 1. The summed E-state index contributed by atoms with van der Waals surface area (Å²) in [5.41, 5.74) is 3.25. The number of ketones is 1. The Balaban J connectivity index is 1.33. The lowest BCUT2D eigenvalue weighted by molar-refractivity contribution is 0.0953. The van der Waals surface area contributed by atoms with Gasteiger partial charge in [-0.2, -0.15) is 0 Å². The molecule has 0 amide bonds. The zero-order valence-corrected chi connectivity index (χ0v) is 24.1. The van der Waals surface area contributed by atoms with Gasteiger partial charge >= 0.3 is 0 Å². The second-order valence-electron chi connectivity index (χ2n) is 12.1. The number of rotatable bonds is 12. The molecule has 0 unspecified atom stereocenters. The number of nitrogens with zero attached hydrogens (tertiary/aromatic N) is 2. The quantitative estimate of drug-likeness (QED) is 0.102. The minimum Gasteiger partial charge on any atom is -0.309 e. The van der Waals surface area contributed by atoms with Crippen LogP contribution in [0.3, 0.4) is 0 Å². The number of allylic oxidation sites excluding steroid dienone is 2. The number of Topliss-reactive ketones (excluding diaryl/α,β-unsaturated/α-hetero) is 1. The van der Waals surface area contributed by atoms with E-state index >= 15 is 0 Å². The van der Waals surface area contributed by atoms with E-state index in [2.05, 4.69) is 94.5 Å². The maximum atomic E-state index is 14.2. The van der Waals surface area contributed by atoms with Gasteiger partial charge in [0, 0.05) is 6.42 Å². The third-order valence-electron chi connectivity index (χ3n) is 9.36. The number of benzene rings is 3. The molecule has 0 aliphatic heterocycles. The van der Waals surface area contributed by atoms with Gasteiger partial charge in [-0.05, 0) is 60.1 Å². The van der Waals surface area contributed by atoms with E-state index in [1.54, 1.807) is 6.20 Å². The van der Waals surface area contributed by atoms with Crippen LogP contribution in [-0.4, -0.2) is 15.3 Å². The third-order valence-corrected chi connectivity index (χ3v) is 9.36. The van der Waals surface area contributed by atoms with Crippen molar-refractivity contribution in [2.24, 2.45) is 17.8 Å². The molecule has 3 aromatic carbocycles. The van der Waals surface area contributed by atoms with Crippen LogP contribution in [-0.2, 0) is 5.54 Å². The van der Waals surface area contributed by atoms with Gasteiger partial charge in [-0.3, -0.25) is 4.79 Å². The Hall–Kier alpha value is -3.72. The van der Waals surface area contributed by atoms with Crippen molar-refractivity contribution in [3.8, 4) is 0 Å². The molecule has 2 aliphatic rings. The summed E-state index contributed by atoms with van der Waals surface area (Å²) in [6.45, 7) is 0. The van der Waals surface area contributed by atoms with E-state index in [1.807, 2.05) is 24.5 Å². The van der Waals surface area contributed by atoms with Gasteiger partial charge in [0.15, 0.2) is 5.78 Å². The highest BCUT2D eigenvalue weighted by Crippen LogP contribution is 2.43. The molecule has 2 aliphatic carbocycles. The molecule has 0 spiro atoms. The number of hydrogen-bond acceptors (Lipinski definition) is 2. The zero-order valence-electron chi connectivity index (χ0n) is 24.1. The van der Waals surface area contributed by atoms with Crippen LogP contribution in [0.2, 0.25) is 0 Å². The Kier molecular flexibility index (Phi) is 8.60. The van der Waals surface area contributed by atoms with E-state index in [9.17, 15) is 4.79 Å². The number of carbonyl (C=O) groups is 1. The van der Waals surface area contributed by atoms with Gasteiger partial charge in [-0.1, -0.05) is 135 Å². The molecule has 0 radical (unpaired) electrons. The van der Waals surface area contributed by atoms with Gasteiger partial charge < -0.3 is 4.57 Å². The molecule has 1 atom stereocenters. The highest BCUT2D eigenvalue weighted by molar-refractivity contribution is 5.95. The van der Waals surface area contributed by atoms with E-state index in [-0.39, 0.29) is 5.78 Å². The number of imidazole rings is 1. The molecule has 0 bridgehead atoms. The van der Waals surface area contributed by atoms with Gasteiger partial charge in [0.2, 0.25) is 0 Å². The largest absolute Gasteiger partial charge is 0.309 e. The van der Waals surface area contributed by atoms with Crippen molar-refractivity contribution in [1.29, 1.82) is 0 Å². The monoisotopic (exact) mass is 542 g/mol. The van der Waals surface area contributed by atoms with Gasteiger partial charge in [0.1, 0.15) is 11.2 Å². The highest BCUT2D eigenvalue weighted by atomic mass is 16.1. The third kappa shape index (κ3) is 6.00. The van der Waals surface area contributed by atoms with Crippen LogP contribution in [0, 0.1) is 17.8 Å². The summed E-state index contributed by atoms with van der Waals surface area (Å²) in [7, 11) is 0. The Morgan fingerprint density at radius 3 is 1.90 bits per heavy atom. The van der Waals surface area contributed by atoms with Crippen molar-refractivity contribution in [1.82, 2.24) is 9.55 Å². The minimum atomic E-state index is -0.726. The molecule has 2 fully saturated rings. The average Bonchev–Trinajstić information content (AvgIpc) is 3.77. The summed E-state index contributed by atoms with van der Waals surface area (Å²) in [5.74, 6) is 1.99. The van der Waals surface area contributed by atoms with Crippen molar-refractivity contribution >= 4 is 5.78 Å². The average molecular weight is 543 g/mol. The molecule has 2 saturated carbocycles. The summed E-state index contributed by atoms with van der Waals surface area (Å²) < 4.78 is 2.13. The van der Waals surface area contributed by atoms with Crippen LogP contribution in [0.1, 0.15) is 91.4 Å². The maximum absolute atomic E-state index is 14.2. The summed E-state index contributed by atoms with van der Waals surface area (Å²) in [4.78, 5) is 18.8. The van der Waals surface area contributed by atoms with Crippen LogP contribution in [0.4, 0.5) is 0 Å². The fourth-order valence-electron chi connectivity index (χ4n) is 7.04. The van der Waals surface area contributed by atoms with Crippen LogP contribution in [0.5, 0.6) is 0 Å². The maximum Gasteiger partial charge on any atom is 0.181 e.